The molecule has 1 aliphatic heterocycles. The van der Waals surface area contributed by atoms with Gasteiger partial charge in [-0.05, 0) is 30.2 Å². The lowest BCUT2D eigenvalue weighted by molar-refractivity contribution is 0.197. The Morgan fingerprint density at radius 2 is 1.54 bits per heavy atom. The first-order valence-electron chi connectivity index (χ1n) is 8.99. The highest BCUT2D eigenvalue weighted by Crippen LogP contribution is 2.42. The van der Waals surface area contributed by atoms with Crippen LogP contribution in [0.15, 0.2) is 36.4 Å². The summed E-state index contributed by atoms with van der Waals surface area (Å²) < 4.78 is 16.7. The van der Waals surface area contributed by atoms with Crippen LogP contribution in [-0.4, -0.2) is 52.4 Å². The number of hydrogen-bond donors (Lipinski definition) is 1. The third-order valence-corrected chi connectivity index (χ3v) is 4.88. The molecule has 1 atom stereocenters. The molecule has 5 nitrogen and oxygen atoms in total. The van der Waals surface area contributed by atoms with Crippen LogP contribution in [0.1, 0.15) is 22.7 Å². The summed E-state index contributed by atoms with van der Waals surface area (Å²) in [4.78, 5) is 2.51. The first-order valence-corrected chi connectivity index (χ1v) is 8.99. The van der Waals surface area contributed by atoms with Crippen molar-refractivity contribution >= 4 is 0 Å². The van der Waals surface area contributed by atoms with Crippen LogP contribution in [0.3, 0.4) is 0 Å². The smallest absolute Gasteiger partial charge is 0.203 e. The summed E-state index contributed by atoms with van der Waals surface area (Å²) in [5.74, 6) is 2.01. The van der Waals surface area contributed by atoms with Gasteiger partial charge in [0.25, 0.3) is 0 Å². The number of benzene rings is 2. The topological polar surface area (TPSA) is 43.0 Å². The normalized spacial score (nSPS) is 16.2. The maximum absolute atomic E-state index is 5.58. The molecule has 3 rings (SSSR count). The Kier molecular flexibility index (Phi) is 6.01. The van der Waals surface area contributed by atoms with Crippen molar-refractivity contribution in [1.29, 1.82) is 0 Å². The molecule has 0 bridgehead atoms. The maximum Gasteiger partial charge on any atom is 0.203 e. The van der Waals surface area contributed by atoms with Crippen LogP contribution in [-0.2, 0) is 0 Å². The number of rotatable bonds is 6. The Balaban J connectivity index is 2.12. The van der Waals surface area contributed by atoms with Gasteiger partial charge in [-0.3, -0.25) is 4.90 Å². The lowest BCUT2D eigenvalue weighted by Gasteiger charge is -2.36. The van der Waals surface area contributed by atoms with Gasteiger partial charge in [0.15, 0.2) is 11.5 Å². The van der Waals surface area contributed by atoms with Crippen molar-refractivity contribution < 1.29 is 14.2 Å². The number of ether oxygens (including phenoxy) is 3. The van der Waals surface area contributed by atoms with E-state index in [1.165, 1.54) is 11.1 Å². The number of hydrogen-bond acceptors (Lipinski definition) is 5. The van der Waals surface area contributed by atoms with Gasteiger partial charge < -0.3 is 19.5 Å². The van der Waals surface area contributed by atoms with Gasteiger partial charge >= 0.3 is 0 Å². The molecule has 0 saturated carbocycles. The Morgan fingerprint density at radius 3 is 2.08 bits per heavy atom. The predicted octanol–water partition coefficient (Wildman–Crippen LogP) is 3.02. The van der Waals surface area contributed by atoms with Gasteiger partial charge in [-0.2, -0.15) is 0 Å². The third kappa shape index (κ3) is 3.79. The van der Waals surface area contributed by atoms with E-state index in [0.29, 0.717) is 17.2 Å². The highest BCUT2D eigenvalue weighted by Gasteiger charge is 2.26. The molecule has 0 aliphatic carbocycles. The lowest BCUT2D eigenvalue weighted by Crippen LogP contribution is -2.45. The summed E-state index contributed by atoms with van der Waals surface area (Å²) in [5.41, 5.74) is 3.68. The first kappa shape index (κ1) is 18.5. The summed E-state index contributed by atoms with van der Waals surface area (Å²) in [6.45, 7) is 6.11. The number of nitrogens with zero attached hydrogens (tertiary/aromatic N) is 1. The van der Waals surface area contributed by atoms with Crippen LogP contribution in [0.2, 0.25) is 0 Å². The van der Waals surface area contributed by atoms with Crippen LogP contribution < -0.4 is 19.5 Å². The van der Waals surface area contributed by atoms with E-state index in [9.17, 15) is 0 Å². The first-order chi connectivity index (χ1) is 12.7. The molecule has 1 saturated heterocycles. The van der Waals surface area contributed by atoms with Crippen molar-refractivity contribution in [3.8, 4) is 17.2 Å². The van der Waals surface area contributed by atoms with E-state index in [2.05, 4.69) is 53.5 Å². The molecule has 0 aromatic heterocycles. The molecule has 1 unspecified atom stereocenters. The van der Waals surface area contributed by atoms with Crippen LogP contribution in [0.25, 0.3) is 0 Å². The highest BCUT2D eigenvalue weighted by atomic mass is 16.5. The summed E-state index contributed by atoms with van der Waals surface area (Å²) in [6, 6.07) is 13.0. The number of nitrogens with one attached hydrogen (secondary N) is 1. The molecule has 5 heteroatoms. The molecule has 1 heterocycles. The van der Waals surface area contributed by atoms with E-state index in [1.807, 2.05) is 0 Å². The van der Waals surface area contributed by atoms with E-state index in [1.54, 1.807) is 21.3 Å². The minimum absolute atomic E-state index is 0.144. The van der Waals surface area contributed by atoms with Gasteiger partial charge in [0, 0.05) is 26.2 Å². The molecule has 2 aromatic carbocycles. The molecule has 0 radical (unpaired) electrons. The van der Waals surface area contributed by atoms with E-state index in [4.69, 9.17) is 14.2 Å². The van der Waals surface area contributed by atoms with E-state index >= 15 is 0 Å². The van der Waals surface area contributed by atoms with Gasteiger partial charge in [0.1, 0.15) is 0 Å². The van der Waals surface area contributed by atoms with Gasteiger partial charge in [-0.25, -0.2) is 0 Å². The lowest BCUT2D eigenvalue weighted by atomic mass is 9.94. The van der Waals surface area contributed by atoms with Crippen molar-refractivity contribution in [3.63, 3.8) is 0 Å². The highest BCUT2D eigenvalue weighted by molar-refractivity contribution is 5.55. The summed E-state index contributed by atoms with van der Waals surface area (Å²) in [6.07, 6.45) is 0. The zero-order valence-corrected chi connectivity index (χ0v) is 16.0. The monoisotopic (exact) mass is 356 g/mol. The molecular formula is C21H28N2O3. The standard InChI is InChI=1S/C21H28N2O3/c1-15-6-5-7-16(12-15)20(23-10-8-22-9-11-23)17-13-18(24-2)21(26-4)19(14-17)25-3/h5-7,12-14,20,22H,8-11H2,1-4H3. The van der Waals surface area contributed by atoms with E-state index in [0.717, 1.165) is 31.7 Å². The quantitative estimate of drug-likeness (QED) is 0.862. The Hall–Kier alpha value is -2.24. The average molecular weight is 356 g/mol. The maximum atomic E-state index is 5.58. The van der Waals surface area contributed by atoms with E-state index in [-0.39, 0.29) is 6.04 Å². The van der Waals surface area contributed by atoms with Crippen LogP contribution >= 0.6 is 0 Å². The minimum Gasteiger partial charge on any atom is -0.493 e. The molecule has 1 aliphatic rings. The fraction of sp³-hybridized carbons (Fsp3) is 0.429. The molecule has 0 spiro atoms. The van der Waals surface area contributed by atoms with Crippen molar-refractivity contribution in [2.75, 3.05) is 47.5 Å². The fourth-order valence-electron chi connectivity index (χ4n) is 3.65. The largest absolute Gasteiger partial charge is 0.493 e. The third-order valence-electron chi connectivity index (χ3n) is 4.88. The molecule has 2 aromatic rings. The average Bonchev–Trinajstić information content (AvgIpc) is 2.68. The predicted molar refractivity (Wildman–Crippen MR) is 104 cm³/mol. The Morgan fingerprint density at radius 1 is 0.885 bits per heavy atom. The SMILES string of the molecule is COc1cc(C(c2cccc(C)c2)N2CCNCC2)cc(OC)c1OC. The number of piperazine rings is 1. The molecule has 26 heavy (non-hydrogen) atoms. The fourth-order valence-corrected chi connectivity index (χ4v) is 3.65. The van der Waals surface area contributed by atoms with Crippen molar-refractivity contribution in [2.24, 2.45) is 0 Å². The van der Waals surface area contributed by atoms with Crippen molar-refractivity contribution in [3.05, 3.63) is 53.1 Å². The van der Waals surface area contributed by atoms with Crippen molar-refractivity contribution in [2.45, 2.75) is 13.0 Å². The zero-order chi connectivity index (χ0) is 18.5. The van der Waals surface area contributed by atoms with Gasteiger partial charge in [0.2, 0.25) is 5.75 Å². The molecule has 140 valence electrons. The second-order valence-corrected chi connectivity index (χ2v) is 6.56. The molecular weight excluding hydrogens is 328 g/mol. The van der Waals surface area contributed by atoms with Crippen LogP contribution in [0.5, 0.6) is 17.2 Å². The second-order valence-electron chi connectivity index (χ2n) is 6.56. The van der Waals surface area contributed by atoms with Gasteiger partial charge in [-0.15, -0.1) is 0 Å². The minimum atomic E-state index is 0.144. The Bertz CT molecular complexity index is 717. The van der Waals surface area contributed by atoms with Gasteiger partial charge in [0.05, 0.1) is 27.4 Å². The van der Waals surface area contributed by atoms with E-state index < -0.39 is 0 Å². The number of methoxy groups -OCH3 is 3. The second kappa shape index (κ2) is 8.43. The number of aryl methyl sites for hydroxylation is 1. The summed E-state index contributed by atoms with van der Waals surface area (Å²) in [5, 5.41) is 3.44. The summed E-state index contributed by atoms with van der Waals surface area (Å²) in [7, 11) is 4.95. The van der Waals surface area contributed by atoms with Crippen LogP contribution in [0.4, 0.5) is 0 Å². The zero-order valence-electron chi connectivity index (χ0n) is 16.0. The van der Waals surface area contributed by atoms with Crippen molar-refractivity contribution in [1.82, 2.24) is 10.2 Å². The molecule has 1 N–H and O–H groups in total. The molecule has 1 fully saturated rings. The van der Waals surface area contributed by atoms with Crippen LogP contribution in [0, 0.1) is 6.92 Å². The molecule has 0 amide bonds. The van der Waals surface area contributed by atoms with Gasteiger partial charge in [-0.1, -0.05) is 29.8 Å². The Labute approximate surface area is 155 Å². The summed E-state index contributed by atoms with van der Waals surface area (Å²) >= 11 is 0.